The third-order valence-corrected chi connectivity index (χ3v) is 4.88. The second-order valence-corrected chi connectivity index (χ2v) is 7.89. The van der Waals surface area contributed by atoms with E-state index in [0.29, 0.717) is 25.1 Å². The molecular weight excluding hydrogens is 314 g/mol. The van der Waals surface area contributed by atoms with Crippen LogP contribution in [0, 0.1) is 0 Å². The summed E-state index contributed by atoms with van der Waals surface area (Å²) in [6, 6.07) is 7.49. The van der Waals surface area contributed by atoms with Crippen molar-refractivity contribution in [2.75, 3.05) is 25.1 Å². The molecule has 0 aromatic heterocycles. The lowest BCUT2D eigenvalue weighted by Gasteiger charge is -2.36. The molecule has 1 amide bonds. The number of carbonyl (C=O) groups excluding carboxylic acids is 1. The van der Waals surface area contributed by atoms with Crippen LogP contribution in [0.1, 0.15) is 31.2 Å². The van der Waals surface area contributed by atoms with Gasteiger partial charge in [-0.3, -0.25) is 4.79 Å². The van der Waals surface area contributed by atoms with Crippen molar-refractivity contribution in [1.29, 1.82) is 0 Å². The summed E-state index contributed by atoms with van der Waals surface area (Å²) >= 11 is 0. The standard InChI is InChI=1S/C16H25N3O3S/c1-23(21,22)18-12-14-7-4-5-11-19(14)16(20)10-9-13-6-2-3-8-15(13)17/h2-3,6,8,14,18H,4-5,7,9-12,17H2,1H3. The van der Waals surface area contributed by atoms with E-state index in [1.165, 1.54) is 0 Å². The molecule has 0 aliphatic carbocycles. The SMILES string of the molecule is CS(=O)(=O)NCC1CCCCN1C(=O)CCc1ccccc1N. The molecule has 1 unspecified atom stereocenters. The van der Waals surface area contributed by atoms with E-state index < -0.39 is 10.0 Å². The van der Waals surface area contributed by atoms with E-state index in [1.807, 2.05) is 29.2 Å². The van der Waals surface area contributed by atoms with Crippen LogP contribution in [0.25, 0.3) is 0 Å². The lowest BCUT2D eigenvalue weighted by molar-refractivity contribution is -0.134. The van der Waals surface area contributed by atoms with Crippen LogP contribution in [0.3, 0.4) is 0 Å². The van der Waals surface area contributed by atoms with E-state index in [-0.39, 0.29) is 18.5 Å². The number of para-hydroxylation sites is 1. The molecule has 128 valence electrons. The van der Waals surface area contributed by atoms with Crippen molar-refractivity contribution in [2.24, 2.45) is 0 Å². The number of nitrogens with zero attached hydrogens (tertiary/aromatic N) is 1. The zero-order valence-electron chi connectivity index (χ0n) is 13.5. The number of sulfonamides is 1. The number of benzene rings is 1. The van der Waals surface area contributed by atoms with Gasteiger partial charge in [-0.25, -0.2) is 13.1 Å². The van der Waals surface area contributed by atoms with Gasteiger partial charge in [0.15, 0.2) is 0 Å². The minimum Gasteiger partial charge on any atom is -0.399 e. The molecule has 1 aromatic carbocycles. The Bertz CT molecular complexity index is 646. The number of piperidine rings is 1. The van der Waals surface area contributed by atoms with Crippen LogP contribution in [0.4, 0.5) is 5.69 Å². The molecule has 7 heteroatoms. The Labute approximate surface area is 138 Å². The molecule has 1 atom stereocenters. The highest BCUT2D eigenvalue weighted by Crippen LogP contribution is 2.19. The number of hydrogen-bond donors (Lipinski definition) is 2. The molecule has 1 aliphatic heterocycles. The Hall–Kier alpha value is -1.60. The lowest BCUT2D eigenvalue weighted by Crippen LogP contribution is -2.49. The minimum absolute atomic E-state index is 0.0564. The zero-order chi connectivity index (χ0) is 16.9. The second-order valence-electron chi connectivity index (χ2n) is 6.06. The van der Waals surface area contributed by atoms with E-state index in [4.69, 9.17) is 5.73 Å². The van der Waals surface area contributed by atoms with Crippen LogP contribution in [0.5, 0.6) is 0 Å². The van der Waals surface area contributed by atoms with Crippen molar-refractivity contribution in [3.8, 4) is 0 Å². The van der Waals surface area contributed by atoms with Gasteiger partial charge in [-0.2, -0.15) is 0 Å². The number of nitrogens with two attached hydrogens (primary N) is 1. The highest BCUT2D eigenvalue weighted by Gasteiger charge is 2.26. The number of aryl methyl sites for hydroxylation is 1. The number of amides is 1. The first-order valence-corrected chi connectivity index (χ1v) is 9.83. The molecule has 1 aromatic rings. The van der Waals surface area contributed by atoms with Gasteiger partial charge >= 0.3 is 0 Å². The topological polar surface area (TPSA) is 92.5 Å². The lowest BCUT2D eigenvalue weighted by atomic mass is 10.0. The van der Waals surface area contributed by atoms with Crippen molar-refractivity contribution in [1.82, 2.24) is 9.62 Å². The zero-order valence-corrected chi connectivity index (χ0v) is 14.3. The van der Waals surface area contributed by atoms with Gasteiger partial charge in [0.25, 0.3) is 0 Å². The average Bonchev–Trinajstić information content (AvgIpc) is 2.51. The van der Waals surface area contributed by atoms with Crippen LogP contribution >= 0.6 is 0 Å². The van der Waals surface area contributed by atoms with Gasteiger partial charge < -0.3 is 10.6 Å². The summed E-state index contributed by atoms with van der Waals surface area (Å²) in [6.45, 7) is 0.983. The van der Waals surface area contributed by atoms with E-state index in [2.05, 4.69) is 4.72 Å². The summed E-state index contributed by atoms with van der Waals surface area (Å²) in [5, 5.41) is 0. The molecule has 0 bridgehead atoms. The van der Waals surface area contributed by atoms with Gasteiger partial charge in [-0.1, -0.05) is 18.2 Å². The molecule has 6 nitrogen and oxygen atoms in total. The van der Waals surface area contributed by atoms with E-state index in [9.17, 15) is 13.2 Å². The smallest absolute Gasteiger partial charge is 0.223 e. The fraction of sp³-hybridized carbons (Fsp3) is 0.562. The van der Waals surface area contributed by atoms with E-state index in [1.54, 1.807) is 0 Å². The van der Waals surface area contributed by atoms with Crippen LogP contribution < -0.4 is 10.5 Å². The summed E-state index contributed by atoms with van der Waals surface area (Å²) in [5.74, 6) is 0.0632. The molecule has 1 fully saturated rings. The molecule has 23 heavy (non-hydrogen) atoms. The molecule has 2 rings (SSSR count). The number of anilines is 1. The molecule has 0 radical (unpaired) electrons. The second kappa shape index (κ2) is 7.79. The quantitative estimate of drug-likeness (QED) is 0.760. The normalized spacial score (nSPS) is 18.8. The Morgan fingerprint density at radius 2 is 2.09 bits per heavy atom. The van der Waals surface area contributed by atoms with Gasteiger partial charge in [0.2, 0.25) is 15.9 Å². The predicted molar refractivity (Wildman–Crippen MR) is 91.4 cm³/mol. The molecule has 0 spiro atoms. The van der Waals surface area contributed by atoms with Gasteiger partial charge in [-0.15, -0.1) is 0 Å². The van der Waals surface area contributed by atoms with Crippen molar-refractivity contribution in [2.45, 2.75) is 38.1 Å². The van der Waals surface area contributed by atoms with E-state index >= 15 is 0 Å². The van der Waals surface area contributed by atoms with Gasteiger partial charge in [0, 0.05) is 31.2 Å². The van der Waals surface area contributed by atoms with Gasteiger partial charge in [0.05, 0.1) is 6.26 Å². The first-order valence-electron chi connectivity index (χ1n) is 7.94. The molecule has 1 saturated heterocycles. The third-order valence-electron chi connectivity index (χ3n) is 4.19. The Morgan fingerprint density at radius 1 is 1.35 bits per heavy atom. The van der Waals surface area contributed by atoms with E-state index in [0.717, 1.165) is 31.1 Å². The Kier molecular flexibility index (Phi) is 6.01. The highest BCUT2D eigenvalue weighted by molar-refractivity contribution is 7.88. The van der Waals surface area contributed by atoms with Gasteiger partial charge in [0.1, 0.15) is 0 Å². The monoisotopic (exact) mass is 339 g/mol. The highest BCUT2D eigenvalue weighted by atomic mass is 32.2. The summed E-state index contributed by atoms with van der Waals surface area (Å²) < 4.78 is 25.1. The van der Waals surface area contributed by atoms with Crippen LogP contribution in [0.15, 0.2) is 24.3 Å². The average molecular weight is 339 g/mol. The fourth-order valence-corrected chi connectivity index (χ4v) is 3.43. The number of hydrogen-bond acceptors (Lipinski definition) is 4. The van der Waals surface area contributed by atoms with Crippen molar-refractivity contribution < 1.29 is 13.2 Å². The molecule has 1 heterocycles. The Balaban J connectivity index is 1.94. The largest absolute Gasteiger partial charge is 0.399 e. The summed E-state index contributed by atoms with van der Waals surface area (Å²) in [7, 11) is -3.24. The molecule has 3 N–H and O–H groups in total. The predicted octanol–water partition coefficient (Wildman–Crippen LogP) is 1.13. The molecule has 1 aliphatic rings. The first-order chi connectivity index (χ1) is 10.9. The number of rotatable bonds is 6. The van der Waals surface area contributed by atoms with Crippen LogP contribution in [-0.4, -0.2) is 44.6 Å². The Morgan fingerprint density at radius 3 is 2.78 bits per heavy atom. The van der Waals surface area contributed by atoms with Crippen LogP contribution in [0.2, 0.25) is 0 Å². The number of carbonyl (C=O) groups is 1. The summed E-state index contributed by atoms with van der Waals surface area (Å²) in [5.41, 5.74) is 7.59. The van der Waals surface area contributed by atoms with Gasteiger partial charge in [-0.05, 0) is 37.3 Å². The van der Waals surface area contributed by atoms with Crippen molar-refractivity contribution in [3.05, 3.63) is 29.8 Å². The minimum atomic E-state index is -3.24. The van der Waals surface area contributed by atoms with Crippen molar-refractivity contribution in [3.63, 3.8) is 0 Å². The maximum atomic E-state index is 12.5. The summed E-state index contributed by atoms with van der Waals surface area (Å²) in [4.78, 5) is 14.3. The number of likely N-dealkylation sites (tertiary alicyclic amines) is 1. The third kappa shape index (κ3) is 5.51. The molecule has 0 saturated carbocycles. The maximum Gasteiger partial charge on any atom is 0.223 e. The number of nitrogen functional groups attached to an aromatic ring is 1. The molecular formula is C16H25N3O3S. The number of nitrogens with one attached hydrogen (secondary N) is 1. The maximum absolute atomic E-state index is 12.5. The van der Waals surface area contributed by atoms with Crippen molar-refractivity contribution >= 4 is 21.6 Å². The summed E-state index contributed by atoms with van der Waals surface area (Å²) in [6.07, 6.45) is 4.96. The first kappa shape index (κ1) is 17.7. The van der Waals surface area contributed by atoms with Crippen LogP contribution in [-0.2, 0) is 21.2 Å². The fourth-order valence-electron chi connectivity index (χ4n) is 2.94.